The zero-order valence-corrected chi connectivity index (χ0v) is 15.5. The van der Waals surface area contributed by atoms with Crippen LogP contribution in [0.1, 0.15) is 23.6 Å². The number of aliphatic carboxylic acids is 1. The van der Waals surface area contributed by atoms with Gasteiger partial charge in [0.05, 0.1) is 13.0 Å². The number of carboxylic acids is 1. The molecule has 138 valence electrons. The highest BCUT2D eigenvalue weighted by Gasteiger charge is 2.26. The maximum Gasteiger partial charge on any atom is 0.228 e. The van der Waals surface area contributed by atoms with Crippen LogP contribution in [-0.4, -0.2) is 19.0 Å². The molecule has 26 heavy (non-hydrogen) atoms. The Morgan fingerprint density at radius 3 is 2.15 bits per heavy atom. The largest absolute Gasteiger partial charge is 0.550 e. The molecular formula is C21H24NO4-. The molecule has 5 heteroatoms. The van der Waals surface area contributed by atoms with E-state index in [0.29, 0.717) is 17.9 Å². The van der Waals surface area contributed by atoms with E-state index in [2.05, 4.69) is 5.32 Å². The standard InChI is InChI=1S/C21H25NO4/c1-13-9-14(2)11-16(10-13)12-19(15(3)21(24)25)20(23)22-17-5-7-18(26-4)8-6-17/h5-11,15,19H,12H2,1-4H3,(H,22,23)(H,24,25)/p-1/t15-,19-/m0/s1. The topological polar surface area (TPSA) is 78.5 Å². The highest BCUT2D eigenvalue weighted by molar-refractivity contribution is 5.95. The molecule has 0 aliphatic rings. The molecule has 0 bridgehead atoms. The van der Waals surface area contributed by atoms with E-state index in [0.717, 1.165) is 16.7 Å². The van der Waals surface area contributed by atoms with Crippen LogP contribution < -0.4 is 15.2 Å². The van der Waals surface area contributed by atoms with Gasteiger partial charge in [0.1, 0.15) is 5.75 Å². The highest BCUT2D eigenvalue weighted by atomic mass is 16.5. The molecule has 2 aromatic carbocycles. The van der Waals surface area contributed by atoms with Crippen molar-refractivity contribution in [2.75, 3.05) is 12.4 Å². The second-order valence-electron chi connectivity index (χ2n) is 6.63. The Morgan fingerprint density at radius 2 is 1.65 bits per heavy atom. The van der Waals surface area contributed by atoms with Crippen molar-refractivity contribution in [3.8, 4) is 5.75 Å². The van der Waals surface area contributed by atoms with Crippen molar-refractivity contribution >= 4 is 17.6 Å². The van der Waals surface area contributed by atoms with E-state index in [1.807, 2.05) is 32.0 Å². The molecule has 1 N–H and O–H groups in total. The van der Waals surface area contributed by atoms with Gasteiger partial charge in [-0.15, -0.1) is 0 Å². The van der Waals surface area contributed by atoms with Gasteiger partial charge in [0.2, 0.25) is 5.91 Å². The number of carboxylic acid groups (broad SMARTS) is 1. The van der Waals surface area contributed by atoms with Gasteiger partial charge >= 0.3 is 0 Å². The SMILES string of the molecule is COc1ccc(NC(=O)[C@@H](Cc2cc(C)cc(C)c2)[C@H](C)C(=O)[O-])cc1. The molecular weight excluding hydrogens is 330 g/mol. The molecule has 0 fully saturated rings. The molecule has 0 aliphatic heterocycles. The van der Waals surface area contributed by atoms with E-state index in [9.17, 15) is 14.7 Å². The lowest BCUT2D eigenvalue weighted by Crippen LogP contribution is -2.40. The van der Waals surface area contributed by atoms with Gasteiger partial charge in [-0.2, -0.15) is 0 Å². The number of hydrogen-bond acceptors (Lipinski definition) is 4. The average molecular weight is 354 g/mol. The quantitative estimate of drug-likeness (QED) is 0.829. The van der Waals surface area contributed by atoms with Gasteiger partial charge in [-0.1, -0.05) is 36.2 Å². The first-order valence-corrected chi connectivity index (χ1v) is 8.53. The summed E-state index contributed by atoms with van der Waals surface area (Å²) in [6.07, 6.45) is 0.333. The van der Waals surface area contributed by atoms with E-state index in [-0.39, 0.29) is 5.91 Å². The summed E-state index contributed by atoms with van der Waals surface area (Å²) >= 11 is 0. The van der Waals surface area contributed by atoms with E-state index in [1.54, 1.807) is 31.4 Å². The van der Waals surface area contributed by atoms with Crippen molar-refractivity contribution in [1.82, 2.24) is 0 Å². The lowest BCUT2D eigenvalue weighted by Gasteiger charge is -2.24. The second-order valence-corrected chi connectivity index (χ2v) is 6.63. The minimum absolute atomic E-state index is 0.333. The minimum atomic E-state index is -1.23. The number of nitrogens with one attached hydrogen (secondary N) is 1. The zero-order chi connectivity index (χ0) is 19.3. The Labute approximate surface area is 154 Å². The Hall–Kier alpha value is -2.82. The van der Waals surface area contributed by atoms with Gasteiger partial charge in [0.15, 0.2) is 0 Å². The monoisotopic (exact) mass is 354 g/mol. The first kappa shape index (κ1) is 19.5. The first-order chi connectivity index (χ1) is 12.3. The number of anilines is 1. The van der Waals surface area contributed by atoms with Gasteiger partial charge in [-0.05, 0) is 50.1 Å². The molecule has 5 nitrogen and oxygen atoms in total. The molecule has 2 rings (SSSR count). The van der Waals surface area contributed by atoms with E-state index in [1.165, 1.54) is 6.92 Å². The summed E-state index contributed by atoms with van der Waals surface area (Å²) in [5, 5.41) is 14.2. The second kappa shape index (κ2) is 8.52. The van der Waals surface area contributed by atoms with Crippen LogP contribution in [0.5, 0.6) is 5.75 Å². The van der Waals surface area contributed by atoms with Crippen LogP contribution in [0.4, 0.5) is 5.69 Å². The maximum atomic E-state index is 12.8. The van der Waals surface area contributed by atoms with E-state index >= 15 is 0 Å². The fraction of sp³-hybridized carbons (Fsp3) is 0.333. The number of rotatable bonds is 7. The predicted octanol–water partition coefficient (Wildman–Crippen LogP) is 2.50. The van der Waals surface area contributed by atoms with Crippen LogP contribution in [0.2, 0.25) is 0 Å². The highest BCUT2D eigenvalue weighted by Crippen LogP contribution is 2.22. The average Bonchev–Trinajstić information content (AvgIpc) is 2.58. The summed E-state index contributed by atoms with van der Waals surface area (Å²) < 4.78 is 5.09. The fourth-order valence-electron chi connectivity index (χ4n) is 3.01. The molecule has 2 aromatic rings. The van der Waals surface area contributed by atoms with Crippen molar-refractivity contribution in [3.63, 3.8) is 0 Å². The summed E-state index contributed by atoms with van der Waals surface area (Å²) in [6, 6.07) is 12.9. The molecule has 0 saturated heterocycles. The summed E-state index contributed by atoms with van der Waals surface area (Å²) in [7, 11) is 1.56. The number of benzene rings is 2. The molecule has 0 radical (unpaired) electrons. The molecule has 0 saturated carbocycles. The number of hydrogen-bond donors (Lipinski definition) is 1. The van der Waals surface area contributed by atoms with Crippen molar-refractivity contribution in [3.05, 3.63) is 59.2 Å². The summed E-state index contributed by atoms with van der Waals surface area (Å²) in [4.78, 5) is 24.2. The molecule has 2 atom stereocenters. The zero-order valence-electron chi connectivity index (χ0n) is 15.5. The lowest BCUT2D eigenvalue weighted by atomic mass is 9.86. The van der Waals surface area contributed by atoms with Crippen molar-refractivity contribution in [2.45, 2.75) is 27.2 Å². The maximum absolute atomic E-state index is 12.8. The van der Waals surface area contributed by atoms with Crippen molar-refractivity contribution in [1.29, 1.82) is 0 Å². The van der Waals surface area contributed by atoms with E-state index in [4.69, 9.17) is 4.74 Å². The Balaban J connectivity index is 2.22. The van der Waals surface area contributed by atoms with Gasteiger partial charge in [0, 0.05) is 17.6 Å². The van der Waals surface area contributed by atoms with Crippen molar-refractivity contribution in [2.24, 2.45) is 11.8 Å². The van der Waals surface area contributed by atoms with Gasteiger partial charge < -0.3 is 20.0 Å². The van der Waals surface area contributed by atoms with Crippen LogP contribution >= 0.6 is 0 Å². The number of carbonyl (C=O) groups excluding carboxylic acids is 2. The van der Waals surface area contributed by atoms with Crippen molar-refractivity contribution < 1.29 is 19.4 Å². The number of carbonyl (C=O) groups is 2. The predicted molar refractivity (Wildman–Crippen MR) is 98.9 cm³/mol. The lowest BCUT2D eigenvalue weighted by molar-refractivity contribution is -0.312. The van der Waals surface area contributed by atoms with E-state index < -0.39 is 17.8 Å². The van der Waals surface area contributed by atoms with Gasteiger partial charge in [0.25, 0.3) is 0 Å². The van der Waals surface area contributed by atoms with Crippen LogP contribution in [-0.2, 0) is 16.0 Å². The van der Waals surface area contributed by atoms with Crippen LogP contribution in [0.15, 0.2) is 42.5 Å². The molecule has 0 heterocycles. The number of aryl methyl sites for hydroxylation is 2. The Kier molecular flexibility index (Phi) is 6.39. The smallest absolute Gasteiger partial charge is 0.228 e. The molecule has 0 spiro atoms. The van der Waals surface area contributed by atoms with Crippen LogP contribution in [0, 0.1) is 25.7 Å². The van der Waals surface area contributed by atoms with Gasteiger partial charge in [-0.3, -0.25) is 4.79 Å². The van der Waals surface area contributed by atoms with Crippen LogP contribution in [0.25, 0.3) is 0 Å². The van der Waals surface area contributed by atoms with Crippen LogP contribution in [0.3, 0.4) is 0 Å². The number of methoxy groups -OCH3 is 1. The molecule has 0 unspecified atom stereocenters. The third-order valence-electron chi connectivity index (χ3n) is 4.41. The molecule has 0 aromatic heterocycles. The number of amides is 1. The third-order valence-corrected chi connectivity index (χ3v) is 4.41. The summed E-state index contributed by atoms with van der Waals surface area (Å²) in [6.45, 7) is 5.46. The first-order valence-electron chi connectivity index (χ1n) is 8.53. The molecule has 1 amide bonds. The number of ether oxygens (including phenoxy) is 1. The summed E-state index contributed by atoms with van der Waals surface area (Å²) in [5.41, 5.74) is 3.68. The Morgan fingerprint density at radius 1 is 1.08 bits per heavy atom. The van der Waals surface area contributed by atoms with Gasteiger partial charge in [-0.25, -0.2) is 0 Å². The summed E-state index contributed by atoms with van der Waals surface area (Å²) in [5.74, 6) is -2.54. The fourth-order valence-corrected chi connectivity index (χ4v) is 3.01. The normalized spacial score (nSPS) is 12.9. The molecule has 0 aliphatic carbocycles. The third kappa shape index (κ3) is 5.09. The minimum Gasteiger partial charge on any atom is -0.550 e. The Bertz CT molecular complexity index is 763.